The first-order chi connectivity index (χ1) is 21.9. The fourth-order valence-electron chi connectivity index (χ4n) is 4.73. The lowest BCUT2D eigenvalue weighted by Gasteiger charge is -2.48. The topological polar surface area (TPSA) is 238 Å². The van der Waals surface area contributed by atoms with Gasteiger partial charge in [0.15, 0.2) is 36.8 Å². The molecule has 0 saturated carbocycles. The Kier molecular flexibility index (Phi) is 14.5. The summed E-state index contributed by atoms with van der Waals surface area (Å²) in [7, 11) is 0. The van der Waals surface area contributed by atoms with Crippen molar-refractivity contribution in [3.63, 3.8) is 0 Å². The molecule has 2 fully saturated rings. The van der Waals surface area contributed by atoms with E-state index in [0.29, 0.717) is 0 Å². The molecule has 0 spiro atoms. The van der Waals surface area contributed by atoms with E-state index in [1.807, 2.05) is 0 Å². The van der Waals surface area contributed by atoms with E-state index in [-0.39, 0.29) is 0 Å². The molecule has 2 saturated heterocycles. The Morgan fingerprint density at radius 1 is 0.383 bits per heavy atom. The highest BCUT2D eigenvalue weighted by Gasteiger charge is 2.58. The van der Waals surface area contributed by atoms with E-state index < -0.39 is 122 Å². The Hall–Kier alpha value is -4.36. The highest BCUT2D eigenvalue weighted by atomic mass is 16.8. The van der Waals surface area contributed by atoms with Gasteiger partial charge in [0.1, 0.15) is 31.5 Å². The van der Waals surface area contributed by atoms with Crippen molar-refractivity contribution in [1.82, 2.24) is 0 Å². The van der Waals surface area contributed by atoms with Crippen LogP contribution in [0.1, 0.15) is 55.4 Å². The third-order valence-corrected chi connectivity index (χ3v) is 6.17. The van der Waals surface area contributed by atoms with Gasteiger partial charge in [0.2, 0.25) is 6.29 Å². The summed E-state index contributed by atoms with van der Waals surface area (Å²) in [6, 6.07) is 0. The second-order valence-electron chi connectivity index (χ2n) is 10.3. The van der Waals surface area contributed by atoms with Crippen molar-refractivity contribution in [3.8, 4) is 0 Å². The third-order valence-electron chi connectivity index (χ3n) is 6.17. The molecule has 47 heavy (non-hydrogen) atoms. The molecule has 0 aromatic heterocycles. The summed E-state index contributed by atoms with van der Waals surface area (Å²) in [5.41, 5.74) is 0. The Labute approximate surface area is 268 Å². The first-order valence-corrected chi connectivity index (χ1v) is 14.2. The highest BCUT2D eigenvalue weighted by molar-refractivity contribution is 5.69. The number of esters is 8. The zero-order valence-electron chi connectivity index (χ0n) is 26.9. The van der Waals surface area contributed by atoms with Crippen LogP contribution in [0.15, 0.2) is 0 Å². The first-order valence-electron chi connectivity index (χ1n) is 14.2. The molecule has 2 heterocycles. The average molecular weight is 679 g/mol. The molecule has 2 aliphatic heterocycles. The van der Waals surface area contributed by atoms with Crippen LogP contribution in [0.25, 0.3) is 0 Å². The van der Waals surface area contributed by atoms with E-state index >= 15 is 0 Å². The van der Waals surface area contributed by atoms with Crippen LogP contribution in [0, 0.1) is 0 Å². The van der Waals surface area contributed by atoms with Gasteiger partial charge < -0.3 is 52.1 Å². The smallest absolute Gasteiger partial charge is 0.305 e. The van der Waals surface area contributed by atoms with E-state index in [9.17, 15) is 38.4 Å². The van der Waals surface area contributed by atoms with Gasteiger partial charge in [0.05, 0.1) is 0 Å². The van der Waals surface area contributed by atoms with Crippen molar-refractivity contribution in [2.24, 2.45) is 0 Å². The van der Waals surface area contributed by atoms with Gasteiger partial charge >= 0.3 is 47.8 Å². The Morgan fingerprint density at radius 2 is 0.702 bits per heavy atom. The summed E-state index contributed by atoms with van der Waals surface area (Å²) in [6.07, 6.45) is -16.4. The number of rotatable bonds is 12. The van der Waals surface area contributed by atoms with Crippen LogP contribution < -0.4 is 0 Å². The Balaban J connectivity index is 2.75. The lowest BCUT2D eigenvalue weighted by atomic mass is 9.96. The van der Waals surface area contributed by atoms with Crippen LogP contribution in [-0.2, 0) is 90.5 Å². The monoisotopic (exact) mass is 678 g/mol. The number of hydrogen-bond acceptors (Lipinski definition) is 19. The molecule has 0 aromatic rings. The maximum Gasteiger partial charge on any atom is 0.305 e. The summed E-state index contributed by atoms with van der Waals surface area (Å²) < 4.78 is 60.2. The van der Waals surface area contributed by atoms with Gasteiger partial charge in [-0.1, -0.05) is 0 Å². The van der Waals surface area contributed by atoms with Gasteiger partial charge in [-0.2, -0.15) is 0 Å². The van der Waals surface area contributed by atoms with Gasteiger partial charge in [-0.15, -0.1) is 0 Å². The second kappa shape index (κ2) is 17.5. The van der Waals surface area contributed by atoms with Crippen LogP contribution in [0.5, 0.6) is 0 Å². The fraction of sp³-hybridized carbons (Fsp3) is 0.714. The second-order valence-corrected chi connectivity index (χ2v) is 10.3. The lowest BCUT2D eigenvalue weighted by molar-refractivity contribution is -0.358. The minimum absolute atomic E-state index is 0.587. The van der Waals surface area contributed by atoms with Gasteiger partial charge in [-0.3, -0.25) is 38.4 Å². The fourth-order valence-corrected chi connectivity index (χ4v) is 4.73. The van der Waals surface area contributed by atoms with E-state index in [1.165, 1.54) is 0 Å². The van der Waals surface area contributed by atoms with E-state index in [1.54, 1.807) is 0 Å². The van der Waals surface area contributed by atoms with Crippen LogP contribution >= 0.6 is 0 Å². The predicted molar refractivity (Wildman–Crippen MR) is 145 cm³/mol. The molecule has 19 nitrogen and oxygen atoms in total. The molecule has 0 bridgehead atoms. The van der Waals surface area contributed by atoms with Gasteiger partial charge in [-0.05, 0) is 0 Å². The predicted octanol–water partition coefficient (Wildman–Crippen LogP) is -0.831. The van der Waals surface area contributed by atoms with Crippen molar-refractivity contribution < 1.29 is 90.5 Å². The maximum absolute atomic E-state index is 12.3. The largest absolute Gasteiger partial charge is 0.463 e. The average Bonchev–Trinajstić information content (AvgIpc) is 2.91. The number of hydrogen-bond donors (Lipinski definition) is 0. The van der Waals surface area contributed by atoms with Crippen LogP contribution in [0.4, 0.5) is 0 Å². The van der Waals surface area contributed by atoms with Gasteiger partial charge in [0, 0.05) is 55.4 Å². The summed E-state index contributed by atoms with van der Waals surface area (Å²) in [5.74, 6) is -7.04. The first kappa shape index (κ1) is 38.8. The molecule has 0 aliphatic carbocycles. The minimum atomic E-state index is -1.86. The van der Waals surface area contributed by atoms with Crippen molar-refractivity contribution in [1.29, 1.82) is 0 Å². The van der Waals surface area contributed by atoms with Gasteiger partial charge in [0.25, 0.3) is 0 Å². The van der Waals surface area contributed by atoms with E-state index in [4.69, 9.17) is 52.1 Å². The molecule has 0 N–H and O–H groups in total. The molecule has 2 rings (SSSR count). The standard InChI is InChI=1S/C28H38O19/c1-11(29)37-9-19-21(39-13(3)31)23(41-15(5)33)25(42-16(6)34)28(46-19)47-24-22(40-14(4)32)20(10-38-12(2)30)45-27(44-18(8)36)26(24)43-17(7)35/h19-28H,9-10H2,1-8H3/t19-,20-,21-,22-,23+,24+,25-,26-,27-,28-/m1/s1. The summed E-state index contributed by atoms with van der Waals surface area (Å²) >= 11 is 0. The summed E-state index contributed by atoms with van der Waals surface area (Å²) in [4.78, 5) is 96.4. The van der Waals surface area contributed by atoms with Crippen molar-refractivity contribution >= 4 is 47.8 Å². The molecule has 2 aliphatic rings. The van der Waals surface area contributed by atoms with Crippen LogP contribution in [0.2, 0.25) is 0 Å². The number of ether oxygens (including phenoxy) is 11. The highest BCUT2D eigenvalue weighted by Crippen LogP contribution is 2.35. The lowest BCUT2D eigenvalue weighted by Crippen LogP contribution is -2.67. The van der Waals surface area contributed by atoms with E-state index in [2.05, 4.69) is 0 Å². The molecule has 10 atom stereocenters. The zero-order chi connectivity index (χ0) is 35.6. The summed E-state index contributed by atoms with van der Waals surface area (Å²) in [5, 5.41) is 0. The normalized spacial score (nSPS) is 30.0. The zero-order valence-corrected chi connectivity index (χ0v) is 26.9. The van der Waals surface area contributed by atoms with Crippen LogP contribution in [0.3, 0.4) is 0 Å². The number of carbonyl (C=O) groups is 8. The van der Waals surface area contributed by atoms with Crippen molar-refractivity contribution in [2.75, 3.05) is 13.2 Å². The van der Waals surface area contributed by atoms with Crippen LogP contribution in [-0.4, -0.2) is 122 Å². The molecule has 0 aromatic carbocycles. The SMILES string of the molecule is CC(=O)OC[C@H]1O[C@H](O[C@@H]2[C@@H](OC(C)=O)[C@H](OC(C)=O)O[C@H](COC(C)=O)[C@H]2OC(C)=O)[C@H](OC(C)=O)[C@@H](OC(C)=O)[C@@H]1OC(C)=O. The molecular formula is C28H38O19. The summed E-state index contributed by atoms with van der Waals surface area (Å²) in [6.45, 7) is 7.06. The Morgan fingerprint density at radius 3 is 1.09 bits per heavy atom. The molecule has 0 radical (unpaired) electrons. The molecule has 0 unspecified atom stereocenters. The van der Waals surface area contributed by atoms with Crippen molar-refractivity contribution in [3.05, 3.63) is 0 Å². The van der Waals surface area contributed by atoms with E-state index in [0.717, 1.165) is 55.4 Å². The molecular weight excluding hydrogens is 640 g/mol. The Bertz CT molecular complexity index is 1200. The molecule has 264 valence electrons. The van der Waals surface area contributed by atoms with Gasteiger partial charge in [-0.25, -0.2) is 0 Å². The molecule has 19 heteroatoms. The minimum Gasteiger partial charge on any atom is -0.463 e. The third kappa shape index (κ3) is 12.1. The van der Waals surface area contributed by atoms with Crippen molar-refractivity contribution in [2.45, 2.75) is 117 Å². The molecule has 0 amide bonds. The quantitative estimate of drug-likeness (QED) is 0.181. The number of carbonyl (C=O) groups excluding carboxylic acids is 8. The maximum atomic E-state index is 12.3.